The third-order valence-electron chi connectivity index (χ3n) is 4.57. The van der Waals surface area contributed by atoms with Crippen LogP contribution in [0.3, 0.4) is 0 Å². The van der Waals surface area contributed by atoms with Crippen LogP contribution in [0.5, 0.6) is 0 Å². The Morgan fingerprint density at radius 1 is 1.16 bits per heavy atom. The summed E-state index contributed by atoms with van der Waals surface area (Å²) in [6.07, 6.45) is 4.23. The Morgan fingerprint density at radius 3 is 2.40 bits per heavy atom. The summed E-state index contributed by atoms with van der Waals surface area (Å²) in [6.45, 7) is 8.48. The van der Waals surface area contributed by atoms with Gasteiger partial charge in [0.15, 0.2) is 5.82 Å². The van der Waals surface area contributed by atoms with Crippen molar-refractivity contribution < 1.29 is 4.39 Å². The fourth-order valence-corrected chi connectivity index (χ4v) is 3.01. The molecule has 2 aromatic rings. The standard InChI is InChI=1S/C18H24FN5O/c1-18(2,3)15-4-5-16(25)24(22-15)12-13-6-8-23(9-7-13)17-20-10-14(19)11-21-17/h4-5,10-11,13H,6-9,12H2,1-3H3. The molecule has 25 heavy (non-hydrogen) atoms. The molecule has 0 radical (unpaired) electrons. The van der Waals surface area contributed by atoms with Crippen LogP contribution in [0.2, 0.25) is 0 Å². The van der Waals surface area contributed by atoms with Gasteiger partial charge in [-0.2, -0.15) is 5.10 Å². The summed E-state index contributed by atoms with van der Waals surface area (Å²) >= 11 is 0. The molecule has 134 valence electrons. The highest BCUT2D eigenvalue weighted by Crippen LogP contribution is 2.22. The van der Waals surface area contributed by atoms with Crippen LogP contribution in [0, 0.1) is 11.7 Å². The van der Waals surface area contributed by atoms with Crippen LogP contribution < -0.4 is 10.5 Å². The Hall–Kier alpha value is -2.31. The second kappa shape index (κ2) is 6.90. The predicted molar refractivity (Wildman–Crippen MR) is 94.1 cm³/mol. The zero-order chi connectivity index (χ0) is 18.0. The van der Waals surface area contributed by atoms with E-state index < -0.39 is 5.82 Å². The monoisotopic (exact) mass is 345 g/mol. The molecule has 0 atom stereocenters. The van der Waals surface area contributed by atoms with Gasteiger partial charge in [0.05, 0.1) is 18.1 Å². The maximum absolute atomic E-state index is 12.9. The van der Waals surface area contributed by atoms with E-state index in [1.807, 2.05) is 6.07 Å². The molecule has 0 N–H and O–H groups in total. The van der Waals surface area contributed by atoms with E-state index in [-0.39, 0.29) is 11.0 Å². The molecule has 3 rings (SSSR count). The summed E-state index contributed by atoms with van der Waals surface area (Å²) in [5.41, 5.74) is 0.778. The van der Waals surface area contributed by atoms with Gasteiger partial charge in [0.25, 0.3) is 5.56 Å². The first kappa shape index (κ1) is 17.5. The van der Waals surface area contributed by atoms with Crippen molar-refractivity contribution in [3.63, 3.8) is 0 Å². The van der Waals surface area contributed by atoms with E-state index >= 15 is 0 Å². The molecule has 0 bridgehead atoms. The molecule has 0 saturated carbocycles. The van der Waals surface area contributed by atoms with Gasteiger partial charge in [0.1, 0.15) is 0 Å². The Morgan fingerprint density at radius 2 is 1.80 bits per heavy atom. The smallest absolute Gasteiger partial charge is 0.266 e. The quantitative estimate of drug-likeness (QED) is 0.855. The number of aromatic nitrogens is 4. The third kappa shape index (κ3) is 4.21. The van der Waals surface area contributed by atoms with Crippen molar-refractivity contribution in [2.45, 2.75) is 45.6 Å². The van der Waals surface area contributed by atoms with Crippen molar-refractivity contribution in [1.29, 1.82) is 0 Å². The van der Waals surface area contributed by atoms with Crippen molar-refractivity contribution in [1.82, 2.24) is 19.7 Å². The highest BCUT2D eigenvalue weighted by atomic mass is 19.1. The molecule has 0 amide bonds. The fraction of sp³-hybridized carbons (Fsp3) is 0.556. The largest absolute Gasteiger partial charge is 0.341 e. The van der Waals surface area contributed by atoms with Gasteiger partial charge in [0.2, 0.25) is 5.95 Å². The van der Waals surface area contributed by atoms with E-state index in [1.165, 1.54) is 12.4 Å². The van der Waals surface area contributed by atoms with Gasteiger partial charge in [0, 0.05) is 31.1 Å². The summed E-state index contributed by atoms with van der Waals surface area (Å²) in [6, 6.07) is 3.42. The van der Waals surface area contributed by atoms with Gasteiger partial charge in [-0.25, -0.2) is 19.0 Å². The van der Waals surface area contributed by atoms with E-state index in [0.717, 1.165) is 31.6 Å². The molecule has 3 heterocycles. The third-order valence-corrected chi connectivity index (χ3v) is 4.57. The molecule has 6 nitrogen and oxygen atoms in total. The lowest BCUT2D eigenvalue weighted by molar-refractivity contribution is 0.328. The normalized spacial score (nSPS) is 16.2. The van der Waals surface area contributed by atoms with E-state index in [4.69, 9.17) is 0 Å². The maximum Gasteiger partial charge on any atom is 0.266 e. The number of nitrogens with zero attached hydrogens (tertiary/aromatic N) is 5. The molecule has 2 aromatic heterocycles. The van der Waals surface area contributed by atoms with E-state index in [2.05, 4.69) is 40.7 Å². The average molecular weight is 345 g/mol. The summed E-state index contributed by atoms with van der Waals surface area (Å²) in [7, 11) is 0. The number of hydrogen-bond acceptors (Lipinski definition) is 5. The number of anilines is 1. The lowest BCUT2D eigenvalue weighted by Gasteiger charge is -2.32. The number of rotatable bonds is 3. The molecule has 1 aliphatic heterocycles. The summed E-state index contributed by atoms with van der Waals surface area (Å²) in [4.78, 5) is 22.2. The van der Waals surface area contributed by atoms with Crippen molar-refractivity contribution in [2.24, 2.45) is 5.92 Å². The van der Waals surface area contributed by atoms with Crippen LogP contribution >= 0.6 is 0 Å². The zero-order valence-corrected chi connectivity index (χ0v) is 14.9. The molecule has 1 saturated heterocycles. The zero-order valence-electron chi connectivity index (χ0n) is 14.9. The number of piperidine rings is 1. The minimum Gasteiger partial charge on any atom is -0.341 e. The van der Waals surface area contributed by atoms with Crippen LogP contribution in [-0.2, 0) is 12.0 Å². The molecule has 0 aromatic carbocycles. The van der Waals surface area contributed by atoms with Gasteiger partial charge in [-0.1, -0.05) is 20.8 Å². The van der Waals surface area contributed by atoms with Crippen molar-refractivity contribution in [3.8, 4) is 0 Å². The number of halogens is 1. The van der Waals surface area contributed by atoms with Crippen molar-refractivity contribution >= 4 is 5.95 Å². The van der Waals surface area contributed by atoms with Gasteiger partial charge >= 0.3 is 0 Å². The topological polar surface area (TPSA) is 63.9 Å². The predicted octanol–water partition coefficient (Wildman–Crippen LogP) is 2.39. The maximum atomic E-state index is 12.9. The minimum atomic E-state index is -0.428. The molecule has 1 aliphatic rings. The van der Waals surface area contributed by atoms with Gasteiger partial charge in [-0.05, 0) is 24.8 Å². The first-order valence-electron chi connectivity index (χ1n) is 8.64. The van der Waals surface area contributed by atoms with Crippen molar-refractivity contribution in [2.75, 3.05) is 18.0 Å². The highest BCUT2D eigenvalue weighted by molar-refractivity contribution is 5.29. The Balaban J connectivity index is 1.64. The molecule has 0 aliphatic carbocycles. The van der Waals surface area contributed by atoms with Gasteiger partial charge in [-0.3, -0.25) is 4.79 Å². The minimum absolute atomic E-state index is 0.0581. The SMILES string of the molecule is CC(C)(C)c1ccc(=O)n(CC2CCN(c3ncc(F)cn3)CC2)n1. The first-order valence-corrected chi connectivity index (χ1v) is 8.64. The highest BCUT2D eigenvalue weighted by Gasteiger charge is 2.23. The first-order chi connectivity index (χ1) is 11.8. The van der Waals surface area contributed by atoms with E-state index in [0.29, 0.717) is 18.4 Å². The number of hydrogen-bond donors (Lipinski definition) is 0. The van der Waals surface area contributed by atoms with Crippen LogP contribution in [0.1, 0.15) is 39.3 Å². The van der Waals surface area contributed by atoms with Gasteiger partial charge in [-0.15, -0.1) is 0 Å². The molecular formula is C18H24FN5O. The molecular weight excluding hydrogens is 321 g/mol. The Labute approximate surface area is 146 Å². The van der Waals surface area contributed by atoms with E-state index in [1.54, 1.807) is 10.7 Å². The second-order valence-electron chi connectivity index (χ2n) is 7.62. The lowest BCUT2D eigenvalue weighted by atomic mass is 9.92. The van der Waals surface area contributed by atoms with Crippen LogP contribution in [0.25, 0.3) is 0 Å². The average Bonchev–Trinajstić information content (AvgIpc) is 2.57. The summed E-state index contributed by atoms with van der Waals surface area (Å²) in [5, 5.41) is 4.55. The van der Waals surface area contributed by atoms with Crippen LogP contribution in [0.4, 0.5) is 10.3 Å². The van der Waals surface area contributed by atoms with Crippen LogP contribution in [-0.4, -0.2) is 32.8 Å². The van der Waals surface area contributed by atoms with E-state index in [9.17, 15) is 9.18 Å². The second-order valence-corrected chi connectivity index (χ2v) is 7.62. The lowest BCUT2D eigenvalue weighted by Crippen LogP contribution is -2.38. The van der Waals surface area contributed by atoms with Crippen LogP contribution in [0.15, 0.2) is 29.3 Å². The summed E-state index contributed by atoms with van der Waals surface area (Å²) in [5.74, 6) is 0.518. The van der Waals surface area contributed by atoms with Gasteiger partial charge < -0.3 is 4.90 Å². The Bertz CT molecular complexity index is 773. The summed E-state index contributed by atoms with van der Waals surface area (Å²) < 4.78 is 14.5. The molecule has 7 heteroatoms. The molecule has 1 fully saturated rings. The molecule has 0 unspecified atom stereocenters. The molecule has 0 spiro atoms. The van der Waals surface area contributed by atoms with Crippen molar-refractivity contribution in [3.05, 3.63) is 46.4 Å². The Kier molecular flexibility index (Phi) is 4.83. The fourth-order valence-electron chi connectivity index (χ4n) is 3.01.